The summed E-state index contributed by atoms with van der Waals surface area (Å²) in [6.07, 6.45) is 1.20. The Morgan fingerprint density at radius 1 is 0.960 bits per heavy atom. The van der Waals surface area contributed by atoms with Crippen LogP contribution in [0.2, 0.25) is 0 Å². The van der Waals surface area contributed by atoms with Gasteiger partial charge in [0.2, 0.25) is 0 Å². The van der Waals surface area contributed by atoms with Crippen LogP contribution in [0.15, 0.2) is 55.6 Å². The van der Waals surface area contributed by atoms with Gasteiger partial charge in [0, 0.05) is 10.8 Å². The van der Waals surface area contributed by atoms with Crippen LogP contribution < -0.4 is 9.47 Å². The van der Waals surface area contributed by atoms with Gasteiger partial charge in [0.05, 0.1) is 0 Å². The minimum absolute atomic E-state index is 0.0477. The average molecular weight is 342 g/mol. The van der Waals surface area contributed by atoms with Gasteiger partial charge in [0.15, 0.2) is 0 Å². The molecule has 0 amide bonds. The lowest BCUT2D eigenvalue weighted by molar-refractivity contribution is 0.108. The maximum atomic E-state index is 11.7. The summed E-state index contributed by atoms with van der Waals surface area (Å²) in [5.74, 6) is 0.630. The number of carbonyl (C=O) groups excluding carboxylic acids is 2. The van der Waals surface area contributed by atoms with Gasteiger partial charge in [0.1, 0.15) is 24.7 Å². The highest BCUT2D eigenvalue weighted by Crippen LogP contribution is 2.36. The second-order valence-electron chi connectivity index (χ2n) is 4.97. The summed E-state index contributed by atoms with van der Waals surface area (Å²) in [6.45, 7) is 8.76. The second-order valence-corrected chi connectivity index (χ2v) is 4.97. The third-order valence-electron chi connectivity index (χ3n) is 3.16. The average Bonchev–Trinajstić information content (AvgIpc) is 2.61. The molecule has 0 bridgehead atoms. The predicted molar refractivity (Wildman–Crippen MR) is 93.0 cm³/mol. The lowest BCUT2D eigenvalue weighted by Gasteiger charge is -2.14. The summed E-state index contributed by atoms with van der Waals surface area (Å²) < 4.78 is 20.2. The number of hydrogen-bond acceptors (Lipinski definition) is 6. The Balaban J connectivity index is 2.36. The lowest BCUT2D eigenvalue weighted by atomic mass is 10.0. The molecular formula is C19H18O6. The van der Waals surface area contributed by atoms with E-state index in [2.05, 4.69) is 13.2 Å². The molecule has 0 aliphatic heterocycles. The standard InChI is InChI=1S/C19H18O6/c1-4-10-22-18(20)24-16-12-13(3)17(25-19(21)23-11-5-2)15-9-7-6-8-14(15)16/h4-9,12H,1-2,10-11H2,3H3. The molecule has 0 aliphatic rings. The molecule has 0 fully saturated rings. The molecule has 0 heterocycles. The van der Waals surface area contributed by atoms with Crippen LogP contribution in [-0.4, -0.2) is 25.5 Å². The van der Waals surface area contributed by atoms with Crippen LogP contribution in [0.3, 0.4) is 0 Å². The quantitative estimate of drug-likeness (QED) is 0.436. The van der Waals surface area contributed by atoms with E-state index in [-0.39, 0.29) is 13.2 Å². The molecule has 0 N–H and O–H groups in total. The van der Waals surface area contributed by atoms with E-state index in [1.807, 2.05) is 0 Å². The first-order valence-electron chi connectivity index (χ1n) is 7.50. The van der Waals surface area contributed by atoms with Gasteiger partial charge in [-0.1, -0.05) is 49.6 Å². The zero-order valence-corrected chi connectivity index (χ0v) is 13.8. The van der Waals surface area contributed by atoms with E-state index in [1.54, 1.807) is 37.3 Å². The third-order valence-corrected chi connectivity index (χ3v) is 3.16. The number of rotatable bonds is 6. The highest BCUT2D eigenvalue weighted by molar-refractivity contribution is 5.96. The smallest absolute Gasteiger partial charge is 0.430 e. The van der Waals surface area contributed by atoms with E-state index in [4.69, 9.17) is 18.9 Å². The molecule has 0 atom stereocenters. The van der Waals surface area contributed by atoms with Crippen LogP contribution in [0.5, 0.6) is 11.5 Å². The van der Waals surface area contributed by atoms with Crippen molar-refractivity contribution in [1.29, 1.82) is 0 Å². The van der Waals surface area contributed by atoms with Gasteiger partial charge < -0.3 is 18.9 Å². The third kappa shape index (κ3) is 4.60. The molecule has 0 spiro atoms. The zero-order valence-electron chi connectivity index (χ0n) is 13.8. The Morgan fingerprint density at radius 3 is 2.12 bits per heavy atom. The molecule has 0 aromatic heterocycles. The van der Waals surface area contributed by atoms with Crippen LogP contribution in [0.4, 0.5) is 9.59 Å². The van der Waals surface area contributed by atoms with E-state index in [0.717, 1.165) is 0 Å². The van der Waals surface area contributed by atoms with Crippen molar-refractivity contribution in [3.8, 4) is 11.5 Å². The van der Waals surface area contributed by atoms with E-state index < -0.39 is 12.3 Å². The highest BCUT2D eigenvalue weighted by Gasteiger charge is 2.17. The van der Waals surface area contributed by atoms with Gasteiger partial charge in [-0.2, -0.15) is 0 Å². The summed E-state index contributed by atoms with van der Waals surface area (Å²) in [6, 6.07) is 8.64. The molecule has 0 radical (unpaired) electrons. The number of benzene rings is 2. The van der Waals surface area contributed by atoms with Gasteiger partial charge in [-0.05, 0) is 18.6 Å². The lowest BCUT2D eigenvalue weighted by Crippen LogP contribution is -2.13. The Kier molecular flexibility index (Phi) is 6.17. The largest absolute Gasteiger partial charge is 0.514 e. The topological polar surface area (TPSA) is 71.1 Å². The molecule has 0 unspecified atom stereocenters. The molecule has 6 nitrogen and oxygen atoms in total. The van der Waals surface area contributed by atoms with Crippen molar-refractivity contribution in [3.05, 3.63) is 61.2 Å². The monoisotopic (exact) mass is 342 g/mol. The molecule has 25 heavy (non-hydrogen) atoms. The van der Waals surface area contributed by atoms with E-state index in [9.17, 15) is 9.59 Å². The van der Waals surface area contributed by atoms with Gasteiger partial charge in [-0.3, -0.25) is 0 Å². The van der Waals surface area contributed by atoms with Gasteiger partial charge in [0.25, 0.3) is 0 Å². The minimum Gasteiger partial charge on any atom is -0.430 e. The predicted octanol–water partition coefficient (Wildman–Crippen LogP) is 4.55. The zero-order chi connectivity index (χ0) is 18.2. The van der Waals surface area contributed by atoms with E-state index >= 15 is 0 Å². The van der Waals surface area contributed by atoms with Crippen molar-refractivity contribution < 1.29 is 28.5 Å². The fourth-order valence-corrected chi connectivity index (χ4v) is 2.15. The van der Waals surface area contributed by atoms with Crippen LogP contribution >= 0.6 is 0 Å². The normalized spacial score (nSPS) is 9.96. The number of ether oxygens (including phenoxy) is 4. The number of hydrogen-bond donors (Lipinski definition) is 0. The van der Waals surface area contributed by atoms with Crippen molar-refractivity contribution in [3.63, 3.8) is 0 Å². The van der Waals surface area contributed by atoms with Crippen molar-refractivity contribution in [2.45, 2.75) is 6.92 Å². The fraction of sp³-hybridized carbons (Fsp3) is 0.158. The minimum atomic E-state index is -0.844. The summed E-state index contributed by atoms with van der Waals surface area (Å²) in [4.78, 5) is 23.4. The van der Waals surface area contributed by atoms with Crippen LogP contribution in [0, 0.1) is 6.92 Å². The Morgan fingerprint density at radius 2 is 1.52 bits per heavy atom. The maximum Gasteiger partial charge on any atom is 0.514 e. The van der Waals surface area contributed by atoms with Crippen molar-refractivity contribution in [1.82, 2.24) is 0 Å². The van der Waals surface area contributed by atoms with Crippen molar-refractivity contribution in [2.24, 2.45) is 0 Å². The Bertz CT molecular complexity index is 809. The molecular weight excluding hydrogens is 324 g/mol. The molecule has 2 aromatic rings. The van der Waals surface area contributed by atoms with Crippen LogP contribution in [0.1, 0.15) is 5.56 Å². The summed E-state index contributed by atoms with van der Waals surface area (Å²) in [7, 11) is 0. The van der Waals surface area contributed by atoms with E-state index in [0.29, 0.717) is 27.8 Å². The van der Waals surface area contributed by atoms with Crippen LogP contribution in [-0.2, 0) is 9.47 Å². The molecule has 2 aromatic carbocycles. The first-order chi connectivity index (χ1) is 12.1. The van der Waals surface area contributed by atoms with Gasteiger partial charge >= 0.3 is 12.3 Å². The number of carbonyl (C=O) groups is 2. The molecule has 0 saturated heterocycles. The summed E-state index contributed by atoms with van der Waals surface area (Å²) >= 11 is 0. The summed E-state index contributed by atoms with van der Waals surface area (Å²) in [5.41, 5.74) is 0.598. The molecule has 130 valence electrons. The molecule has 2 rings (SSSR count). The molecule has 0 aliphatic carbocycles. The van der Waals surface area contributed by atoms with Gasteiger partial charge in [-0.15, -0.1) is 0 Å². The van der Waals surface area contributed by atoms with Crippen molar-refractivity contribution >= 4 is 23.1 Å². The first kappa shape index (κ1) is 18.1. The highest BCUT2D eigenvalue weighted by atomic mass is 16.7. The second kappa shape index (κ2) is 8.54. The fourth-order valence-electron chi connectivity index (χ4n) is 2.15. The Labute approximate surface area is 145 Å². The summed E-state index contributed by atoms with van der Waals surface area (Å²) in [5, 5.41) is 1.19. The van der Waals surface area contributed by atoms with Crippen molar-refractivity contribution in [2.75, 3.05) is 13.2 Å². The van der Waals surface area contributed by atoms with E-state index in [1.165, 1.54) is 12.2 Å². The maximum absolute atomic E-state index is 11.7. The number of aryl methyl sites for hydroxylation is 1. The molecule has 0 saturated carbocycles. The first-order valence-corrected chi connectivity index (χ1v) is 7.50. The molecule has 6 heteroatoms. The van der Waals surface area contributed by atoms with Crippen LogP contribution in [0.25, 0.3) is 10.8 Å². The Hall–Kier alpha value is -3.28. The van der Waals surface area contributed by atoms with Gasteiger partial charge in [-0.25, -0.2) is 9.59 Å². The number of fused-ring (bicyclic) bond motifs is 1. The SMILES string of the molecule is C=CCOC(=O)Oc1cc(C)c(OC(=O)OCC=C)c2ccccc12.